The smallest absolute Gasteiger partial charge is 0.264 e. The van der Waals surface area contributed by atoms with Gasteiger partial charge in [0.05, 0.1) is 10.6 Å². The number of benzene rings is 3. The highest BCUT2D eigenvalue weighted by Gasteiger charge is 2.33. The number of hydrogen-bond acceptors (Lipinski definition) is 4. The van der Waals surface area contributed by atoms with E-state index in [0.29, 0.717) is 22.8 Å². The van der Waals surface area contributed by atoms with Crippen molar-refractivity contribution in [2.24, 2.45) is 0 Å². The van der Waals surface area contributed by atoms with Crippen molar-refractivity contribution in [1.82, 2.24) is 10.2 Å². The molecule has 0 aromatic heterocycles. The van der Waals surface area contributed by atoms with Gasteiger partial charge in [0.15, 0.2) is 0 Å². The molecule has 1 atom stereocenters. The summed E-state index contributed by atoms with van der Waals surface area (Å²) in [5, 5.41) is 3.17. The fourth-order valence-corrected chi connectivity index (χ4v) is 5.50. The standard InChI is InChI=1S/C28H32ClN3O4S/c1-4-17-30-28(34)22(3)31(19-23-11-7-5-8-12-23)27(33)20-32(26-18-24(29)16-15-21(26)2)37(35,36)25-13-9-6-10-14-25/h5-16,18,22H,4,17,19-20H2,1-3H3,(H,30,34)/t22-/m0/s1. The largest absolute Gasteiger partial charge is 0.354 e. The molecule has 2 amide bonds. The Morgan fingerprint density at radius 2 is 1.59 bits per heavy atom. The molecule has 0 spiro atoms. The molecule has 196 valence electrons. The molecule has 0 saturated carbocycles. The van der Waals surface area contributed by atoms with Crippen LogP contribution in [0.15, 0.2) is 83.8 Å². The minimum Gasteiger partial charge on any atom is -0.354 e. The summed E-state index contributed by atoms with van der Waals surface area (Å²) in [4.78, 5) is 28.1. The van der Waals surface area contributed by atoms with Gasteiger partial charge in [0, 0.05) is 18.1 Å². The Hall–Kier alpha value is -3.36. The van der Waals surface area contributed by atoms with Gasteiger partial charge in [-0.3, -0.25) is 13.9 Å². The van der Waals surface area contributed by atoms with Crippen LogP contribution in [0, 0.1) is 6.92 Å². The van der Waals surface area contributed by atoms with E-state index in [-0.39, 0.29) is 17.3 Å². The first-order chi connectivity index (χ1) is 17.6. The first kappa shape index (κ1) is 28.2. The quantitative estimate of drug-likeness (QED) is 0.378. The lowest BCUT2D eigenvalue weighted by atomic mass is 10.1. The van der Waals surface area contributed by atoms with Gasteiger partial charge in [0.25, 0.3) is 10.0 Å². The summed E-state index contributed by atoms with van der Waals surface area (Å²) in [5.41, 5.74) is 1.76. The van der Waals surface area contributed by atoms with Crippen LogP contribution in [0.1, 0.15) is 31.4 Å². The number of sulfonamides is 1. The molecule has 3 aromatic rings. The topological polar surface area (TPSA) is 86.8 Å². The van der Waals surface area contributed by atoms with Crippen LogP contribution in [-0.4, -0.2) is 44.3 Å². The molecule has 1 N–H and O–H groups in total. The van der Waals surface area contributed by atoms with E-state index in [1.54, 1.807) is 44.2 Å². The third-order valence-corrected chi connectivity index (χ3v) is 7.97. The number of aryl methyl sites for hydroxylation is 1. The predicted molar refractivity (Wildman–Crippen MR) is 147 cm³/mol. The molecular formula is C28H32ClN3O4S. The monoisotopic (exact) mass is 541 g/mol. The minimum atomic E-state index is -4.13. The summed E-state index contributed by atoms with van der Waals surface area (Å²) < 4.78 is 28.7. The third kappa shape index (κ3) is 7.11. The number of halogens is 1. The molecule has 3 aromatic carbocycles. The highest BCUT2D eigenvalue weighted by Crippen LogP contribution is 2.30. The number of rotatable bonds is 11. The molecule has 0 bridgehead atoms. The van der Waals surface area contributed by atoms with Gasteiger partial charge in [-0.15, -0.1) is 0 Å². The van der Waals surface area contributed by atoms with Gasteiger partial charge in [-0.05, 0) is 55.7 Å². The van der Waals surface area contributed by atoms with Gasteiger partial charge >= 0.3 is 0 Å². The summed E-state index contributed by atoms with van der Waals surface area (Å²) in [6, 6.07) is 21.3. The molecule has 0 heterocycles. The fourth-order valence-electron chi connectivity index (χ4n) is 3.84. The average Bonchev–Trinajstić information content (AvgIpc) is 2.91. The van der Waals surface area contributed by atoms with Gasteiger partial charge in [0.2, 0.25) is 11.8 Å². The second-order valence-electron chi connectivity index (χ2n) is 8.73. The molecule has 7 nitrogen and oxygen atoms in total. The van der Waals surface area contributed by atoms with Crippen LogP contribution in [-0.2, 0) is 26.2 Å². The molecule has 3 rings (SSSR count). The van der Waals surface area contributed by atoms with E-state index >= 15 is 0 Å². The van der Waals surface area contributed by atoms with Gasteiger partial charge in [-0.2, -0.15) is 0 Å². The molecule has 0 radical (unpaired) electrons. The van der Waals surface area contributed by atoms with E-state index < -0.39 is 28.5 Å². The average molecular weight is 542 g/mol. The van der Waals surface area contributed by atoms with Crippen LogP contribution in [0.2, 0.25) is 5.02 Å². The zero-order valence-corrected chi connectivity index (χ0v) is 22.8. The lowest BCUT2D eigenvalue weighted by Gasteiger charge is -2.32. The first-order valence-electron chi connectivity index (χ1n) is 12.1. The van der Waals surface area contributed by atoms with Crippen molar-refractivity contribution in [3.8, 4) is 0 Å². The Kier molecular flexibility index (Phi) is 9.72. The second-order valence-corrected chi connectivity index (χ2v) is 11.0. The summed E-state index contributed by atoms with van der Waals surface area (Å²) in [7, 11) is -4.13. The Balaban J connectivity index is 2.04. The summed E-state index contributed by atoms with van der Waals surface area (Å²) >= 11 is 6.23. The lowest BCUT2D eigenvalue weighted by Crippen LogP contribution is -2.51. The second kappa shape index (κ2) is 12.7. The van der Waals surface area contributed by atoms with Crippen molar-refractivity contribution in [2.75, 3.05) is 17.4 Å². The number of nitrogens with zero attached hydrogens (tertiary/aromatic N) is 2. The van der Waals surface area contributed by atoms with Gasteiger partial charge < -0.3 is 10.2 Å². The molecule has 0 aliphatic rings. The van der Waals surface area contributed by atoms with Gasteiger partial charge in [0.1, 0.15) is 12.6 Å². The first-order valence-corrected chi connectivity index (χ1v) is 13.9. The summed E-state index contributed by atoms with van der Waals surface area (Å²) in [6.45, 7) is 5.47. The maximum absolute atomic E-state index is 13.8. The Bertz CT molecular complexity index is 1320. The van der Waals surface area contributed by atoms with Crippen molar-refractivity contribution in [3.05, 3.63) is 95.0 Å². The molecule has 9 heteroatoms. The number of nitrogens with one attached hydrogen (secondary N) is 1. The number of amides is 2. The van der Waals surface area contributed by atoms with Crippen molar-refractivity contribution in [1.29, 1.82) is 0 Å². The van der Waals surface area contributed by atoms with Crippen molar-refractivity contribution < 1.29 is 18.0 Å². The SMILES string of the molecule is CCCNC(=O)[C@H](C)N(Cc1ccccc1)C(=O)CN(c1cc(Cl)ccc1C)S(=O)(=O)c1ccccc1. The van der Waals surface area contributed by atoms with Crippen molar-refractivity contribution in [3.63, 3.8) is 0 Å². The Morgan fingerprint density at radius 3 is 2.22 bits per heavy atom. The van der Waals surface area contributed by atoms with Crippen molar-refractivity contribution >= 4 is 39.1 Å². The highest BCUT2D eigenvalue weighted by atomic mass is 35.5. The normalized spacial score (nSPS) is 12.0. The lowest BCUT2D eigenvalue weighted by molar-refractivity contribution is -0.139. The van der Waals surface area contributed by atoms with Crippen LogP contribution in [0.4, 0.5) is 5.69 Å². The molecule has 0 unspecified atom stereocenters. The van der Waals surface area contributed by atoms with E-state index in [1.165, 1.54) is 23.1 Å². The van der Waals surface area contributed by atoms with E-state index in [4.69, 9.17) is 11.6 Å². The van der Waals surface area contributed by atoms with E-state index in [2.05, 4.69) is 5.32 Å². The maximum Gasteiger partial charge on any atom is 0.264 e. The van der Waals surface area contributed by atoms with Crippen LogP contribution in [0.25, 0.3) is 0 Å². The Labute approximate surface area is 224 Å². The Morgan fingerprint density at radius 1 is 0.973 bits per heavy atom. The highest BCUT2D eigenvalue weighted by molar-refractivity contribution is 7.92. The fraction of sp³-hybridized carbons (Fsp3) is 0.286. The summed E-state index contributed by atoms with van der Waals surface area (Å²) in [6.07, 6.45) is 0.752. The van der Waals surface area contributed by atoms with E-state index in [0.717, 1.165) is 16.3 Å². The van der Waals surface area contributed by atoms with Crippen LogP contribution < -0.4 is 9.62 Å². The third-order valence-electron chi connectivity index (χ3n) is 5.96. The molecule has 37 heavy (non-hydrogen) atoms. The number of hydrogen-bond donors (Lipinski definition) is 1. The predicted octanol–water partition coefficient (Wildman–Crippen LogP) is 4.79. The van der Waals surface area contributed by atoms with Gasteiger partial charge in [-0.1, -0.05) is 73.1 Å². The van der Waals surface area contributed by atoms with Crippen molar-refractivity contribution in [2.45, 2.75) is 44.7 Å². The van der Waals surface area contributed by atoms with E-state index in [9.17, 15) is 18.0 Å². The molecule has 0 aliphatic carbocycles. The molecule has 0 aliphatic heterocycles. The van der Waals surface area contributed by atoms with Crippen LogP contribution >= 0.6 is 11.6 Å². The van der Waals surface area contributed by atoms with E-state index in [1.807, 2.05) is 37.3 Å². The van der Waals surface area contributed by atoms with Crippen LogP contribution in [0.3, 0.4) is 0 Å². The maximum atomic E-state index is 13.8. The minimum absolute atomic E-state index is 0.0468. The molecule has 0 saturated heterocycles. The van der Waals surface area contributed by atoms with Crippen LogP contribution in [0.5, 0.6) is 0 Å². The molecular weight excluding hydrogens is 510 g/mol. The number of carbonyl (C=O) groups excluding carboxylic acids is 2. The zero-order valence-electron chi connectivity index (χ0n) is 21.2. The zero-order chi connectivity index (χ0) is 27.0. The molecule has 0 fully saturated rings. The number of anilines is 1. The number of carbonyl (C=O) groups is 2. The summed E-state index contributed by atoms with van der Waals surface area (Å²) in [5.74, 6) is -0.815. The van der Waals surface area contributed by atoms with Gasteiger partial charge in [-0.25, -0.2) is 8.42 Å².